The number of aromatic amines is 1. The highest BCUT2D eigenvalue weighted by atomic mass is 35.5. The van der Waals surface area contributed by atoms with Gasteiger partial charge in [-0.1, -0.05) is 30.9 Å². The van der Waals surface area contributed by atoms with Crippen molar-refractivity contribution in [2.24, 2.45) is 0 Å². The summed E-state index contributed by atoms with van der Waals surface area (Å²) in [7, 11) is 1.82. The lowest BCUT2D eigenvalue weighted by Gasteiger charge is -2.19. The van der Waals surface area contributed by atoms with E-state index in [4.69, 9.17) is 16.3 Å². The maximum atomic E-state index is 6.09. The van der Waals surface area contributed by atoms with Gasteiger partial charge < -0.3 is 9.72 Å². The summed E-state index contributed by atoms with van der Waals surface area (Å²) in [5.41, 5.74) is 3.70. The number of halogens is 1. The number of imidazole rings is 2. The Morgan fingerprint density at radius 1 is 1.03 bits per heavy atom. The van der Waals surface area contributed by atoms with Gasteiger partial charge in [-0.25, -0.2) is 24.9 Å². The number of hydrogen-bond donors (Lipinski definition) is 1. The fourth-order valence-corrected chi connectivity index (χ4v) is 4.08. The fraction of sp³-hybridized carbons (Fsp3) is 0.280. The Kier molecular flexibility index (Phi) is 7.98. The van der Waals surface area contributed by atoms with Crippen molar-refractivity contribution >= 4 is 33.8 Å². The van der Waals surface area contributed by atoms with E-state index in [1.807, 2.05) is 19.2 Å². The number of fused-ring (bicyclic) bond motifs is 2. The SMILES string of the molecule is C#C.COC1CCCCC1.Clc1ccc2ncn(-c3ncc4[nH]c(-c5cncnc5)nc4n3)c2c1. The molecule has 1 aliphatic carbocycles. The predicted octanol–water partition coefficient (Wildman–Crippen LogP) is 5.02. The van der Waals surface area contributed by atoms with Crippen LogP contribution in [0.3, 0.4) is 0 Å². The zero-order valence-corrected chi connectivity index (χ0v) is 20.1. The molecule has 1 aliphatic rings. The van der Waals surface area contributed by atoms with E-state index in [2.05, 4.69) is 47.7 Å². The van der Waals surface area contributed by atoms with Crippen LogP contribution < -0.4 is 0 Å². The zero-order valence-electron chi connectivity index (χ0n) is 19.3. The quantitative estimate of drug-likeness (QED) is 0.355. The highest BCUT2D eigenvalue weighted by Crippen LogP contribution is 2.22. The standard InChI is InChI=1S/C16H9ClN8.C7H14O.C2H2/c17-10-1-2-11-13(3-10)25(8-21-11)16-20-6-12-15(24-16)23-14(22-12)9-4-18-7-19-5-9;1-8-7-5-3-2-4-6-7;1-2/h1-8H,(H,20,22,23,24);7H,2-6H2,1H3;1-2H. The summed E-state index contributed by atoms with van der Waals surface area (Å²) < 4.78 is 6.97. The van der Waals surface area contributed by atoms with Crippen LogP contribution in [0.5, 0.6) is 0 Å². The Hall–Kier alpha value is -3.87. The number of hydrogen-bond acceptors (Lipinski definition) is 7. The minimum absolute atomic E-state index is 0.472. The molecule has 178 valence electrons. The molecule has 6 rings (SSSR count). The lowest BCUT2D eigenvalue weighted by atomic mass is 9.98. The molecule has 0 radical (unpaired) electrons. The van der Waals surface area contributed by atoms with Crippen LogP contribution in [0, 0.1) is 12.8 Å². The number of aromatic nitrogens is 8. The first kappa shape index (κ1) is 24.3. The second-order valence-electron chi connectivity index (χ2n) is 7.86. The number of nitrogens with zero attached hydrogens (tertiary/aromatic N) is 7. The van der Waals surface area contributed by atoms with E-state index in [1.54, 1.807) is 35.6 Å². The second-order valence-corrected chi connectivity index (χ2v) is 8.30. The summed E-state index contributed by atoms with van der Waals surface area (Å²) in [5.74, 6) is 1.11. The van der Waals surface area contributed by atoms with Gasteiger partial charge in [0, 0.05) is 24.5 Å². The van der Waals surface area contributed by atoms with Crippen LogP contribution in [0.4, 0.5) is 0 Å². The molecule has 0 aliphatic heterocycles. The van der Waals surface area contributed by atoms with E-state index < -0.39 is 0 Å². The predicted molar refractivity (Wildman–Crippen MR) is 136 cm³/mol. The van der Waals surface area contributed by atoms with Gasteiger partial charge in [0.15, 0.2) is 5.65 Å². The van der Waals surface area contributed by atoms with Crippen molar-refractivity contribution < 1.29 is 4.74 Å². The van der Waals surface area contributed by atoms with E-state index >= 15 is 0 Å². The summed E-state index contributed by atoms with van der Waals surface area (Å²) in [6.07, 6.45) is 23.5. The van der Waals surface area contributed by atoms with Crippen molar-refractivity contribution in [3.8, 4) is 30.2 Å². The summed E-state index contributed by atoms with van der Waals surface area (Å²) in [4.78, 5) is 29.0. The molecular weight excluding hydrogens is 464 g/mol. The molecule has 1 saturated carbocycles. The average molecular weight is 489 g/mol. The van der Waals surface area contributed by atoms with E-state index in [1.165, 1.54) is 38.4 Å². The number of benzene rings is 1. The highest BCUT2D eigenvalue weighted by Gasteiger charge is 2.12. The third-order valence-corrected chi connectivity index (χ3v) is 5.91. The Morgan fingerprint density at radius 2 is 1.80 bits per heavy atom. The Morgan fingerprint density at radius 3 is 2.51 bits per heavy atom. The van der Waals surface area contributed by atoms with Gasteiger partial charge in [0.2, 0.25) is 5.95 Å². The van der Waals surface area contributed by atoms with E-state index in [9.17, 15) is 0 Å². The molecule has 35 heavy (non-hydrogen) atoms. The maximum Gasteiger partial charge on any atom is 0.237 e. The first-order chi connectivity index (χ1) is 17.2. The van der Waals surface area contributed by atoms with Gasteiger partial charge in [-0.2, -0.15) is 4.98 Å². The minimum atomic E-state index is 0.472. The molecule has 0 atom stereocenters. The molecule has 0 saturated heterocycles. The van der Waals surface area contributed by atoms with Crippen LogP contribution >= 0.6 is 11.6 Å². The van der Waals surface area contributed by atoms with Crippen LogP contribution in [0.15, 0.2) is 49.4 Å². The molecule has 0 amide bonds. The number of methoxy groups -OCH3 is 1. The van der Waals surface area contributed by atoms with Crippen LogP contribution in [0.25, 0.3) is 39.5 Å². The maximum absolute atomic E-state index is 6.09. The normalized spacial score (nSPS) is 13.6. The van der Waals surface area contributed by atoms with E-state index in [-0.39, 0.29) is 0 Å². The van der Waals surface area contributed by atoms with Crippen LogP contribution in [0.1, 0.15) is 32.1 Å². The molecule has 1 aromatic carbocycles. The van der Waals surface area contributed by atoms with E-state index in [0.717, 1.165) is 22.1 Å². The average Bonchev–Trinajstić information content (AvgIpc) is 3.55. The van der Waals surface area contributed by atoms with Gasteiger partial charge in [0.1, 0.15) is 24.0 Å². The van der Waals surface area contributed by atoms with Gasteiger partial charge in [-0.3, -0.25) is 4.57 Å². The Labute approximate surface area is 208 Å². The van der Waals surface area contributed by atoms with Gasteiger partial charge in [0.05, 0.1) is 28.9 Å². The fourth-order valence-electron chi connectivity index (χ4n) is 3.91. The van der Waals surface area contributed by atoms with Crippen molar-refractivity contribution in [3.05, 3.63) is 54.5 Å². The van der Waals surface area contributed by atoms with Gasteiger partial charge >= 0.3 is 0 Å². The highest BCUT2D eigenvalue weighted by molar-refractivity contribution is 6.31. The molecule has 1 N–H and O–H groups in total. The lowest BCUT2D eigenvalue weighted by molar-refractivity contribution is 0.0710. The van der Waals surface area contributed by atoms with Crippen LogP contribution in [-0.4, -0.2) is 52.7 Å². The minimum Gasteiger partial charge on any atom is -0.381 e. The van der Waals surface area contributed by atoms with Crippen molar-refractivity contribution in [3.63, 3.8) is 0 Å². The van der Waals surface area contributed by atoms with Crippen molar-refractivity contribution in [1.82, 2.24) is 39.5 Å². The molecule has 9 nitrogen and oxygen atoms in total. The van der Waals surface area contributed by atoms with Crippen molar-refractivity contribution in [2.75, 3.05) is 7.11 Å². The molecule has 0 spiro atoms. The molecule has 5 aromatic rings. The number of nitrogens with one attached hydrogen (secondary N) is 1. The summed E-state index contributed by atoms with van der Waals surface area (Å²) in [6, 6.07) is 5.48. The molecule has 10 heteroatoms. The van der Waals surface area contributed by atoms with E-state index in [0.29, 0.717) is 28.5 Å². The molecule has 1 fully saturated rings. The van der Waals surface area contributed by atoms with Gasteiger partial charge in [-0.05, 0) is 31.0 Å². The Bertz CT molecular complexity index is 1410. The molecule has 4 aromatic heterocycles. The third-order valence-electron chi connectivity index (χ3n) is 5.67. The largest absolute Gasteiger partial charge is 0.381 e. The summed E-state index contributed by atoms with van der Waals surface area (Å²) in [6.45, 7) is 0. The van der Waals surface area contributed by atoms with Crippen LogP contribution in [0.2, 0.25) is 5.02 Å². The topological polar surface area (TPSA) is 107 Å². The van der Waals surface area contributed by atoms with Crippen molar-refractivity contribution in [2.45, 2.75) is 38.2 Å². The van der Waals surface area contributed by atoms with Crippen LogP contribution in [-0.2, 0) is 4.74 Å². The first-order valence-corrected chi connectivity index (χ1v) is 11.6. The number of terminal acetylenes is 1. The first-order valence-electron chi connectivity index (χ1n) is 11.2. The van der Waals surface area contributed by atoms with Gasteiger partial charge in [0.25, 0.3) is 0 Å². The lowest BCUT2D eigenvalue weighted by Crippen LogP contribution is -2.13. The second kappa shape index (κ2) is 11.5. The van der Waals surface area contributed by atoms with Gasteiger partial charge in [-0.15, -0.1) is 12.8 Å². The number of H-pyrrole nitrogens is 1. The third kappa shape index (κ3) is 5.62. The molecular formula is C25H25ClN8O. The van der Waals surface area contributed by atoms with Crippen molar-refractivity contribution in [1.29, 1.82) is 0 Å². The zero-order chi connectivity index (χ0) is 24.6. The number of ether oxygens (including phenoxy) is 1. The molecule has 0 bridgehead atoms. The Balaban J connectivity index is 0.000000245. The molecule has 0 unspecified atom stereocenters. The summed E-state index contributed by atoms with van der Waals surface area (Å²) >= 11 is 6.09. The monoisotopic (exact) mass is 488 g/mol. The smallest absolute Gasteiger partial charge is 0.237 e. The number of rotatable bonds is 3. The molecule has 4 heterocycles. The summed E-state index contributed by atoms with van der Waals surface area (Å²) in [5, 5.41) is 0.626.